The van der Waals surface area contributed by atoms with E-state index in [1.54, 1.807) is 6.07 Å². The maximum Gasteiger partial charge on any atom is 0.416 e. The van der Waals surface area contributed by atoms with Gasteiger partial charge in [0.25, 0.3) is 0 Å². The zero-order valence-corrected chi connectivity index (χ0v) is 10.2. The largest absolute Gasteiger partial charge is 0.544 e. The Bertz CT molecular complexity index is 423. The second-order valence-electron chi connectivity index (χ2n) is 3.73. The lowest BCUT2D eigenvalue weighted by Gasteiger charge is -2.10. The molecule has 7 heteroatoms. The average molecular weight is 279 g/mol. The SMILES string of the molecule is [NH3+][C@@H](CSCc1cccc(C(F)(F)F)c1)C(=O)[O-]. The molecule has 0 spiro atoms. The molecular formula is C11H12F3NO2S. The Balaban J connectivity index is 2.56. The molecule has 0 unspecified atom stereocenters. The van der Waals surface area contributed by atoms with Crippen LogP contribution in [0.3, 0.4) is 0 Å². The molecule has 0 aliphatic rings. The number of carboxylic acid groups (broad SMARTS) is 1. The van der Waals surface area contributed by atoms with Gasteiger partial charge in [-0.2, -0.15) is 24.9 Å². The van der Waals surface area contributed by atoms with E-state index in [-0.39, 0.29) is 5.75 Å². The molecule has 1 atom stereocenters. The molecule has 1 aromatic rings. The number of rotatable bonds is 5. The third kappa shape index (κ3) is 4.58. The van der Waals surface area contributed by atoms with Crippen LogP contribution in [-0.4, -0.2) is 17.8 Å². The molecule has 0 amide bonds. The minimum absolute atomic E-state index is 0.207. The van der Waals surface area contributed by atoms with Crippen LogP contribution in [0.25, 0.3) is 0 Å². The number of halogens is 3. The van der Waals surface area contributed by atoms with E-state index in [0.29, 0.717) is 11.3 Å². The van der Waals surface area contributed by atoms with Crippen LogP contribution in [0, 0.1) is 0 Å². The molecular weight excluding hydrogens is 267 g/mol. The van der Waals surface area contributed by atoms with Crippen LogP contribution >= 0.6 is 11.8 Å². The summed E-state index contributed by atoms with van der Waals surface area (Å²) >= 11 is 1.21. The van der Waals surface area contributed by atoms with Gasteiger partial charge in [-0.05, 0) is 11.6 Å². The molecule has 100 valence electrons. The molecule has 0 saturated carbocycles. The summed E-state index contributed by atoms with van der Waals surface area (Å²) < 4.78 is 37.3. The van der Waals surface area contributed by atoms with Crippen molar-refractivity contribution in [2.75, 3.05) is 5.75 Å². The average Bonchev–Trinajstić information content (AvgIpc) is 2.28. The fourth-order valence-electron chi connectivity index (χ4n) is 1.22. The summed E-state index contributed by atoms with van der Waals surface area (Å²) in [4.78, 5) is 10.4. The molecule has 0 aliphatic heterocycles. The van der Waals surface area contributed by atoms with Gasteiger partial charge in [-0.1, -0.05) is 18.2 Å². The van der Waals surface area contributed by atoms with Crippen LogP contribution in [0.1, 0.15) is 11.1 Å². The Morgan fingerprint density at radius 1 is 1.44 bits per heavy atom. The third-order valence-corrected chi connectivity index (χ3v) is 3.35. The van der Waals surface area contributed by atoms with E-state index in [1.807, 2.05) is 0 Å². The number of quaternary nitrogens is 1. The maximum atomic E-state index is 12.4. The van der Waals surface area contributed by atoms with Crippen LogP contribution in [0.5, 0.6) is 0 Å². The smallest absolute Gasteiger partial charge is 0.416 e. The molecule has 18 heavy (non-hydrogen) atoms. The first-order valence-corrected chi connectivity index (χ1v) is 6.24. The molecule has 0 radical (unpaired) electrons. The Hall–Kier alpha value is -1.21. The predicted molar refractivity (Wildman–Crippen MR) is 59.3 cm³/mol. The Morgan fingerprint density at radius 2 is 2.11 bits per heavy atom. The number of alkyl halides is 3. The number of aliphatic carboxylic acids is 1. The van der Waals surface area contributed by atoms with Crippen molar-refractivity contribution in [2.24, 2.45) is 0 Å². The van der Waals surface area contributed by atoms with E-state index in [1.165, 1.54) is 17.8 Å². The lowest BCUT2D eigenvalue weighted by atomic mass is 10.1. The predicted octanol–water partition coefficient (Wildman–Crippen LogP) is 0.299. The maximum absolute atomic E-state index is 12.4. The van der Waals surface area contributed by atoms with Crippen LogP contribution < -0.4 is 10.8 Å². The standard InChI is InChI=1S/C11H12F3NO2S/c12-11(13,14)8-3-1-2-7(4-8)5-18-6-9(15)10(16)17/h1-4,9H,5-6,15H2,(H,16,17)/t9-/m0/s1. The molecule has 0 heterocycles. The molecule has 0 aromatic heterocycles. The van der Waals surface area contributed by atoms with E-state index in [2.05, 4.69) is 5.73 Å². The van der Waals surface area contributed by atoms with Crippen molar-refractivity contribution in [3.8, 4) is 0 Å². The van der Waals surface area contributed by atoms with Gasteiger partial charge in [-0.15, -0.1) is 0 Å². The fraction of sp³-hybridized carbons (Fsp3) is 0.364. The van der Waals surface area contributed by atoms with Gasteiger partial charge in [-0.3, -0.25) is 0 Å². The number of hydrogen-bond acceptors (Lipinski definition) is 3. The summed E-state index contributed by atoms with van der Waals surface area (Å²) in [5.41, 5.74) is 3.16. The van der Waals surface area contributed by atoms with Crippen molar-refractivity contribution >= 4 is 17.7 Å². The number of carboxylic acids is 1. The van der Waals surface area contributed by atoms with Gasteiger partial charge in [0.05, 0.1) is 17.3 Å². The molecule has 1 rings (SSSR count). The van der Waals surface area contributed by atoms with E-state index < -0.39 is 23.8 Å². The van der Waals surface area contributed by atoms with E-state index in [0.717, 1.165) is 12.1 Å². The molecule has 0 fully saturated rings. The first-order valence-electron chi connectivity index (χ1n) is 5.08. The number of thioether (sulfide) groups is 1. The Kier molecular flexibility index (Phi) is 5.03. The molecule has 0 saturated heterocycles. The topological polar surface area (TPSA) is 67.8 Å². The number of carbonyl (C=O) groups excluding carboxylic acids is 1. The van der Waals surface area contributed by atoms with Gasteiger partial charge in [0.2, 0.25) is 0 Å². The van der Waals surface area contributed by atoms with Crippen LogP contribution in [0.2, 0.25) is 0 Å². The van der Waals surface area contributed by atoms with Crippen LogP contribution in [0.15, 0.2) is 24.3 Å². The number of benzene rings is 1. The minimum Gasteiger partial charge on any atom is -0.544 e. The van der Waals surface area contributed by atoms with Crippen molar-refractivity contribution in [2.45, 2.75) is 18.0 Å². The molecule has 3 N–H and O–H groups in total. The van der Waals surface area contributed by atoms with Crippen LogP contribution in [0.4, 0.5) is 13.2 Å². The second-order valence-corrected chi connectivity index (χ2v) is 4.76. The van der Waals surface area contributed by atoms with Gasteiger partial charge < -0.3 is 15.6 Å². The minimum atomic E-state index is -4.36. The number of hydrogen-bond donors (Lipinski definition) is 1. The summed E-state index contributed by atoms with van der Waals surface area (Å²) in [6.07, 6.45) is -4.36. The zero-order valence-electron chi connectivity index (χ0n) is 9.37. The fourth-order valence-corrected chi connectivity index (χ4v) is 2.18. The van der Waals surface area contributed by atoms with Gasteiger partial charge >= 0.3 is 6.18 Å². The van der Waals surface area contributed by atoms with E-state index >= 15 is 0 Å². The highest BCUT2D eigenvalue weighted by atomic mass is 32.2. The van der Waals surface area contributed by atoms with Gasteiger partial charge in [0, 0.05) is 5.75 Å². The Morgan fingerprint density at radius 3 is 2.67 bits per heavy atom. The van der Waals surface area contributed by atoms with Gasteiger partial charge in [0.1, 0.15) is 6.04 Å². The first kappa shape index (κ1) is 14.8. The highest BCUT2D eigenvalue weighted by Crippen LogP contribution is 2.30. The van der Waals surface area contributed by atoms with Crippen molar-refractivity contribution in [3.63, 3.8) is 0 Å². The van der Waals surface area contributed by atoms with Gasteiger partial charge in [0.15, 0.2) is 0 Å². The number of carbonyl (C=O) groups is 1. The summed E-state index contributed by atoms with van der Waals surface area (Å²) in [6.45, 7) is 0. The van der Waals surface area contributed by atoms with Crippen molar-refractivity contribution in [1.82, 2.24) is 0 Å². The van der Waals surface area contributed by atoms with Crippen molar-refractivity contribution in [1.29, 1.82) is 0 Å². The lowest BCUT2D eigenvalue weighted by molar-refractivity contribution is -0.431. The summed E-state index contributed by atoms with van der Waals surface area (Å²) in [7, 11) is 0. The lowest BCUT2D eigenvalue weighted by Crippen LogP contribution is -2.69. The zero-order chi connectivity index (χ0) is 13.8. The van der Waals surface area contributed by atoms with E-state index in [4.69, 9.17) is 0 Å². The molecule has 3 nitrogen and oxygen atoms in total. The Labute approximate surface area is 106 Å². The molecule has 1 aromatic carbocycles. The summed E-state index contributed by atoms with van der Waals surface area (Å²) in [6, 6.07) is 4.10. The summed E-state index contributed by atoms with van der Waals surface area (Å²) in [5.74, 6) is -0.742. The van der Waals surface area contributed by atoms with Crippen molar-refractivity contribution < 1.29 is 28.8 Å². The third-order valence-electron chi connectivity index (χ3n) is 2.18. The van der Waals surface area contributed by atoms with Gasteiger partial charge in [-0.25, -0.2) is 0 Å². The van der Waals surface area contributed by atoms with E-state index in [9.17, 15) is 23.1 Å². The second kappa shape index (κ2) is 6.10. The highest BCUT2D eigenvalue weighted by molar-refractivity contribution is 7.98. The van der Waals surface area contributed by atoms with Crippen molar-refractivity contribution in [3.05, 3.63) is 35.4 Å². The molecule has 0 aliphatic carbocycles. The highest BCUT2D eigenvalue weighted by Gasteiger charge is 2.30. The summed E-state index contributed by atoms with van der Waals surface area (Å²) in [5, 5.41) is 10.4. The normalized spacial score (nSPS) is 13.3. The quantitative estimate of drug-likeness (QED) is 0.843. The first-order chi connectivity index (χ1) is 8.30. The molecule has 0 bridgehead atoms. The monoisotopic (exact) mass is 279 g/mol. The van der Waals surface area contributed by atoms with Crippen LogP contribution in [-0.2, 0) is 16.7 Å².